The number of nitrogens with zero attached hydrogens (tertiary/aromatic N) is 6. The lowest BCUT2D eigenvalue weighted by atomic mass is 10.0. The van der Waals surface area contributed by atoms with Gasteiger partial charge in [-0.05, 0) is 37.1 Å². The first kappa shape index (κ1) is 29.7. The third-order valence-corrected chi connectivity index (χ3v) is 7.33. The van der Waals surface area contributed by atoms with E-state index in [9.17, 15) is 18.8 Å². The summed E-state index contributed by atoms with van der Waals surface area (Å²) in [6.45, 7) is 5.33. The lowest BCUT2D eigenvalue weighted by molar-refractivity contribution is -0.137. The summed E-state index contributed by atoms with van der Waals surface area (Å²) in [7, 11) is 0. The van der Waals surface area contributed by atoms with Crippen molar-refractivity contribution < 1.29 is 23.5 Å². The summed E-state index contributed by atoms with van der Waals surface area (Å²) < 4.78 is 21.7. The van der Waals surface area contributed by atoms with E-state index in [1.165, 1.54) is 16.5 Å². The second-order valence-corrected chi connectivity index (χ2v) is 10.6. The molecule has 4 heterocycles. The maximum atomic E-state index is 14.6. The predicted octanol–water partition coefficient (Wildman–Crippen LogP) is 4.55. The number of benzene rings is 1. The second-order valence-electron chi connectivity index (χ2n) is 10.6. The Balaban J connectivity index is 1.32. The number of aryl methyl sites for hydroxylation is 1. The molecule has 11 nitrogen and oxygen atoms in total. The number of carbonyl (C=O) groups is 3. The van der Waals surface area contributed by atoms with Crippen LogP contribution < -0.4 is 10.1 Å². The van der Waals surface area contributed by atoms with Crippen LogP contribution in [0, 0.1) is 6.92 Å². The highest BCUT2D eigenvalue weighted by Gasteiger charge is 2.40. The average molecular weight is 588 g/mol. The quantitative estimate of drug-likeness (QED) is 0.200. The van der Waals surface area contributed by atoms with E-state index in [0.717, 1.165) is 30.4 Å². The van der Waals surface area contributed by atoms with Crippen molar-refractivity contribution >= 4 is 34.3 Å². The molecule has 0 radical (unpaired) electrons. The Morgan fingerprint density at radius 2 is 1.88 bits per heavy atom. The van der Waals surface area contributed by atoms with Gasteiger partial charge in [0.15, 0.2) is 5.78 Å². The van der Waals surface area contributed by atoms with Crippen LogP contribution in [0.15, 0.2) is 48.8 Å². The third kappa shape index (κ3) is 6.85. The van der Waals surface area contributed by atoms with Crippen LogP contribution in [0.1, 0.15) is 55.8 Å². The molecule has 12 heteroatoms. The highest BCUT2D eigenvalue weighted by atomic mass is 19.1. The zero-order valence-electron chi connectivity index (χ0n) is 24.4. The molecule has 43 heavy (non-hydrogen) atoms. The number of amides is 2. The number of ether oxygens (including phenoxy) is 1. The van der Waals surface area contributed by atoms with Crippen molar-refractivity contribution in [3.63, 3.8) is 0 Å². The molecule has 0 saturated carbocycles. The van der Waals surface area contributed by atoms with Crippen LogP contribution in [0.2, 0.25) is 0 Å². The van der Waals surface area contributed by atoms with E-state index in [-0.39, 0.29) is 36.8 Å². The fourth-order valence-corrected chi connectivity index (χ4v) is 5.11. The van der Waals surface area contributed by atoms with Gasteiger partial charge >= 0.3 is 0 Å². The maximum absolute atomic E-state index is 14.6. The van der Waals surface area contributed by atoms with Gasteiger partial charge in [0, 0.05) is 42.8 Å². The molecule has 5 rings (SSSR count). The van der Waals surface area contributed by atoms with Crippen LogP contribution in [0.3, 0.4) is 0 Å². The fraction of sp³-hybridized carbons (Fsp3) is 0.387. The van der Waals surface area contributed by atoms with Gasteiger partial charge in [0.1, 0.15) is 36.1 Å². The third-order valence-electron chi connectivity index (χ3n) is 7.33. The Morgan fingerprint density at radius 1 is 1.09 bits per heavy atom. The monoisotopic (exact) mass is 587 g/mol. The van der Waals surface area contributed by atoms with Crippen LogP contribution >= 0.6 is 0 Å². The number of pyridine rings is 1. The Labute approximate surface area is 248 Å². The van der Waals surface area contributed by atoms with Crippen LogP contribution in [0.4, 0.5) is 10.2 Å². The molecule has 0 spiro atoms. The number of fused-ring (bicyclic) bond motifs is 1. The van der Waals surface area contributed by atoms with E-state index in [1.54, 1.807) is 43.6 Å². The number of ketones is 1. The van der Waals surface area contributed by atoms with Gasteiger partial charge in [-0.2, -0.15) is 10.1 Å². The molecule has 1 fully saturated rings. The molecule has 0 bridgehead atoms. The number of Topliss-reactive ketones (excluding diaryl/α,β-unsaturated/α-hetero) is 1. The molecule has 0 aliphatic carbocycles. The molecule has 1 aromatic carbocycles. The number of hydrogen-bond acceptors (Lipinski definition) is 8. The van der Waals surface area contributed by atoms with Crippen LogP contribution in [0.5, 0.6) is 5.88 Å². The van der Waals surface area contributed by atoms with Gasteiger partial charge in [-0.15, -0.1) is 0 Å². The molecule has 2 atom stereocenters. The SMILES string of the molecule is CCCCCOc1cccc(NC(=O)[C@@H]2C[C@@H](F)CN2C(=O)Cn2nc(C(C)=O)c3cc(-c4cnc(C)nc4)ccc32)n1. The summed E-state index contributed by atoms with van der Waals surface area (Å²) in [4.78, 5) is 53.2. The Hall–Kier alpha value is -4.74. The summed E-state index contributed by atoms with van der Waals surface area (Å²) in [6, 6.07) is 9.41. The minimum absolute atomic E-state index is 0.134. The van der Waals surface area contributed by atoms with Crippen LogP contribution in [0.25, 0.3) is 22.0 Å². The zero-order valence-corrected chi connectivity index (χ0v) is 24.4. The van der Waals surface area contributed by atoms with Crippen molar-refractivity contribution in [3.05, 3.63) is 60.3 Å². The number of aromatic nitrogens is 5. The molecule has 2 amide bonds. The number of carbonyl (C=O) groups excluding carboxylic acids is 3. The average Bonchev–Trinajstić information content (AvgIpc) is 3.56. The zero-order chi connectivity index (χ0) is 30.5. The first-order valence-corrected chi connectivity index (χ1v) is 14.4. The van der Waals surface area contributed by atoms with Gasteiger partial charge in [-0.25, -0.2) is 14.4 Å². The molecule has 1 aliphatic heterocycles. The highest BCUT2D eigenvalue weighted by Crippen LogP contribution is 2.28. The molecule has 1 saturated heterocycles. The van der Waals surface area contributed by atoms with Crippen molar-refractivity contribution in [2.45, 2.75) is 65.2 Å². The summed E-state index contributed by atoms with van der Waals surface area (Å²) >= 11 is 0. The van der Waals surface area contributed by atoms with Gasteiger partial charge in [0.05, 0.1) is 18.7 Å². The predicted molar refractivity (Wildman–Crippen MR) is 158 cm³/mol. The maximum Gasteiger partial charge on any atom is 0.248 e. The molecule has 224 valence electrons. The van der Waals surface area contributed by atoms with E-state index in [0.29, 0.717) is 29.2 Å². The molecule has 1 N–H and O–H groups in total. The molecular weight excluding hydrogens is 553 g/mol. The minimum atomic E-state index is -1.36. The van der Waals surface area contributed by atoms with Crippen molar-refractivity contribution in [2.75, 3.05) is 18.5 Å². The van der Waals surface area contributed by atoms with E-state index in [4.69, 9.17) is 4.74 Å². The topological polar surface area (TPSA) is 132 Å². The molecular formula is C31H34FN7O4. The number of anilines is 1. The summed E-state index contributed by atoms with van der Waals surface area (Å²) in [5.41, 5.74) is 2.34. The van der Waals surface area contributed by atoms with Crippen LogP contribution in [-0.2, 0) is 16.1 Å². The van der Waals surface area contributed by atoms with E-state index in [2.05, 4.69) is 32.3 Å². The number of halogens is 1. The van der Waals surface area contributed by atoms with Crippen molar-refractivity contribution in [3.8, 4) is 17.0 Å². The van der Waals surface area contributed by atoms with Gasteiger partial charge in [0.25, 0.3) is 0 Å². The van der Waals surface area contributed by atoms with Crippen molar-refractivity contribution in [2.24, 2.45) is 0 Å². The van der Waals surface area contributed by atoms with Gasteiger partial charge in [-0.3, -0.25) is 19.1 Å². The minimum Gasteiger partial charge on any atom is -0.478 e. The number of alkyl halides is 1. The number of hydrogen-bond donors (Lipinski definition) is 1. The molecule has 1 aliphatic rings. The lowest BCUT2D eigenvalue weighted by Crippen LogP contribution is -2.44. The van der Waals surface area contributed by atoms with E-state index >= 15 is 0 Å². The van der Waals surface area contributed by atoms with Crippen molar-refractivity contribution in [1.82, 2.24) is 29.6 Å². The van der Waals surface area contributed by atoms with E-state index < -0.39 is 24.0 Å². The summed E-state index contributed by atoms with van der Waals surface area (Å²) in [5.74, 6) is -0.0183. The lowest BCUT2D eigenvalue weighted by Gasteiger charge is -2.23. The molecule has 3 aromatic heterocycles. The smallest absolute Gasteiger partial charge is 0.248 e. The number of nitrogens with one attached hydrogen (secondary N) is 1. The highest BCUT2D eigenvalue weighted by molar-refractivity contribution is 6.06. The Bertz CT molecular complexity index is 1640. The normalized spacial score (nSPS) is 16.4. The molecule has 0 unspecified atom stereocenters. The summed E-state index contributed by atoms with van der Waals surface area (Å²) in [5, 5.41) is 7.69. The van der Waals surface area contributed by atoms with E-state index in [1.807, 2.05) is 12.1 Å². The fourth-order valence-electron chi connectivity index (χ4n) is 5.11. The number of rotatable bonds is 11. The second kappa shape index (κ2) is 13.1. The molecule has 4 aromatic rings. The first-order valence-electron chi connectivity index (χ1n) is 14.4. The number of likely N-dealkylation sites (tertiary alicyclic amines) is 1. The standard InChI is InChI=1S/C31H34FN7O4/c1-4-5-6-12-43-28-9-7-8-27(35-28)36-31(42)26-14-23(32)17-38(26)29(41)18-39-25-11-10-21(22-15-33-20(3)34-16-22)13-24(25)30(37-39)19(2)40/h7-11,13,15-16,23,26H,4-6,12,14,17-18H2,1-3H3,(H,35,36,42)/t23-,26+/m1/s1. The Morgan fingerprint density at radius 3 is 2.63 bits per heavy atom. The summed E-state index contributed by atoms with van der Waals surface area (Å²) in [6.07, 6.45) is 4.91. The van der Waals surface area contributed by atoms with Crippen LogP contribution in [-0.4, -0.2) is 72.6 Å². The van der Waals surface area contributed by atoms with Crippen molar-refractivity contribution in [1.29, 1.82) is 0 Å². The van der Waals surface area contributed by atoms with Gasteiger partial charge < -0.3 is 15.0 Å². The van der Waals surface area contributed by atoms with Gasteiger partial charge in [-0.1, -0.05) is 31.9 Å². The number of unbranched alkanes of at least 4 members (excludes halogenated alkanes) is 2. The first-order chi connectivity index (χ1) is 20.7. The Kier molecular flexibility index (Phi) is 9.03. The van der Waals surface area contributed by atoms with Gasteiger partial charge in [0.2, 0.25) is 17.7 Å². The largest absolute Gasteiger partial charge is 0.478 e.